The molecule has 0 saturated heterocycles. The van der Waals surface area contributed by atoms with Crippen molar-refractivity contribution >= 4 is 27.5 Å². The fraction of sp³-hybridized carbons (Fsp3) is 0.214. The van der Waals surface area contributed by atoms with E-state index in [0.29, 0.717) is 11.4 Å². The predicted octanol–water partition coefficient (Wildman–Crippen LogP) is 4.05. The Balaban J connectivity index is 2.22. The van der Waals surface area contributed by atoms with Crippen molar-refractivity contribution in [3.63, 3.8) is 0 Å². The Morgan fingerprint density at radius 1 is 1.39 bits per heavy atom. The maximum atomic E-state index is 6.25. The summed E-state index contributed by atoms with van der Waals surface area (Å²) in [6, 6.07) is 7.99. The van der Waals surface area contributed by atoms with E-state index in [1.165, 1.54) is 5.56 Å². The molecule has 1 heterocycles. The van der Waals surface area contributed by atoms with Crippen molar-refractivity contribution in [3.05, 3.63) is 62.8 Å². The van der Waals surface area contributed by atoms with Crippen LogP contribution in [0.15, 0.2) is 41.1 Å². The maximum absolute atomic E-state index is 6.25. The zero-order valence-corrected chi connectivity index (χ0v) is 12.4. The van der Waals surface area contributed by atoms with Crippen molar-refractivity contribution in [2.45, 2.75) is 19.4 Å². The largest absolute Gasteiger partial charge is 0.324 e. The number of rotatable bonds is 3. The molecule has 1 unspecified atom stereocenters. The van der Waals surface area contributed by atoms with Crippen LogP contribution < -0.4 is 5.73 Å². The SMILES string of the molecule is Cc1cc(Br)ccc1C(N)Cc1ccncc1Cl. The van der Waals surface area contributed by atoms with Gasteiger partial charge in [0.25, 0.3) is 0 Å². The molecule has 1 atom stereocenters. The smallest absolute Gasteiger partial charge is 0.0622 e. The summed E-state index contributed by atoms with van der Waals surface area (Å²) in [5.74, 6) is 0. The van der Waals surface area contributed by atoms with Gasteiger partial charge in [-0.2, -0.15) is 0 Å². The number of aryl methyl sites for hydroxylation is 1. The lowest BCUT2D eigenvalue weighted by molar-refractivity contribution is 0.716. The lowest BCUT2D eigenvalue weighted by atomic mass is 9.96. The molecule has 0 saturated carbocycles. The van der Waals surface area contributed by atoms with Crippen molar-refractivity contribution < 1.29 is 0 Å². The van der Waals surface area contributed by atoms with Gasteiger partial charge in [-0.25, -0.2) is 0 Å². The highest BCUT2D eigenvalue weighted by Crippen LogP contribution is 2.25. The van der Waals surface area contributed by atoms with Crippen LogP contribution in [0.25, 0.3) is 0 Å². The highest BCUT2D eigenvalue weighted by molar-refractivity contribution is 9.10. The van der Waals surface area contributed by atoms with Gasteiger partial charge in [-0.05, 0) is 48.2 Å². The predicted molar refractivity (Wildman–Crippen MR) is 78.8 cm³/mol. The third-order valence-electron chi connectivity index (χ3n) is 2.93. The van der Waals surface area contributed by atoms with Gasteiger partial charge >= 0.3 is 0 Å². The molecule has 2 aromatic rings. The molecule has 0 spiro atoms. The van der Waals surface area contributed by atoms with E-state index in [0.717, 1.165) is 15.6 Å². The number of benzene rings is 1. The second-order valence-corrected chi connectivity index (χ2v) is 5.60. The van der Waals surface area contributed by atoms with Gasteiger partial charge in [0, 0.05) is 22.9 Å². The number of aromatic nitrogens is 1. The fourth-order valence-electron chi connectivity index (χ4n) is 1.97. The summed E-state index contributed by atoms with van der Waals surface area (Å²) in [5, 5.41) is 0.669. The molecule has 1 aromatic carbocycles. The molecule has 0 aliphatic carbocycles. The number of hydrogen-bond donors (Lipinski definition) is 1. The second-order valence-electron chi connectivity index (χ2n) is 4.28. The van der Waals surface area contributed by atoms with Crippen LogP contribution in [0.1, 0.15) is 22.7 Å². The third kappa shape index (κ3) is 3.10. The normalized spacial score (nSPS) is 12.4. The Kier molecular flexibility index (Phi) is 4.38. The Hall–Kier alpha value is -0.900. The van der Waals surface area contributed by atoms with Gasteiger partial charge in [-0.15, -0.1) is 0 Å². The van der Waals surface area contributed by atoms with Crippen molar-refractivity contribution in [2.24, 2.45) is 5.73 Å². The van der Waals surface area contributed by atoms with Crippen molar-refractivity contribution in [2.75, 3.05) is 0 Å². The van der Waals surface area contributed by atoms with E-state index in [-0.39, 0.29) is 6.04 Å². The molecule has 2 nitrogen and oxygen atoms in total. The van der Waals surface area contributed by atoms with Crippen LogP contribution in [-0.4, -0.2) is 4.98 Å². The zero-order valence-electron chi connectivity index (χ0n) is 10.0. The first-order chi connectivity index (χ1) is 8.58. The first-order valence-corrected chi connectivity index (χ1v) is 6.85. The van der Waals surface area contributed by atoms with Crippen molar-refractivity contribution in [3.8, 4) is 0 Å². The van der Waals surface area contributed by atoms with E-state index in [4.69, 9.17) is 17.3 Å². The lowest BCUT2D eigenvalue weighted by Gasteiger charge is -2.15. The van der Waals surface area contributed by atoms with Crippen LogP contribution >= 0.6 is 27.5 Å². The van der Waals surface area contributed by atoms with Gasteiger partial charge in [0.1, 0.15) is 0 Å². The summed E-state index contributed by atoms with van der Waals surface area (Å²) >= 11 is 9.55. The molecule has 94 valence electrons. The number of pyridine rings is 1. The first kappa shape index (κ1) is 13.5. The number of nitrogens with zero attached hydrogens (tertiary/aromatic N) is 1. The minimum atomic E-state index is -0.0574. The summed E-state index contributed by atoms with van der Waals surface area (Å²) in [4.78, 5) is 3.98. The van der Waals surface area contributed by atoms with Crippen LogP contribution in [0.4, 0.5) is 0 Å². The molecular formula is C14H14BrClN2. The second kappa shape index (κ2) is 5.83. The van der Waals surface area contributed by atoms with Gasteiger partial charge in [-0.3, -0.25) is 4.98 Å². The third-order valence-corrected chi connectivity index (χ3v) is 3.76. The Morgan fingerprint density at radius 3 is 2.83 bits per heavy atom. The van der Waals surface area contributed by atoms with Crippen molar-refractivity contribution in [1.29, 1.82) is 0 Å². The standard InChI is InChI=1S/C14H14BrClN2/c1-9-6-11(15)2-3-12(9)14(17)7-10-4-5-18-8-13(10)16/h2-6,8,14H,7,17H2,1H3. The van der Waals surface area contributed by atoms with E-state index >= 15 is 0 Å². The molecular weight excluding hydrogens is 312 g/mol. The Bertz CT molecular complexity index is 557. The molecule has 18 heavy (non-hydrogen) atoms. The average Bonchev–Trinajstić information content (AvgIpc) is 2.32. The topological polar surface area (TPSA) is 38.9 Å². The molecule has 0 aliphatic rings. The average molecular weight is 326 g/mol. The summed E-state index contributed by atoms with van der Waals surface area (Å²) in [6.07, 6.45) is 4.10. The molecule has 0 bridgehead atoms. The number of nitrogens with two attached hydrogens (primary N) is 1. The van der Waals surface area contributed by atoms with Crippen molar-refractivity contribution in [1.82, 2.24) is 4.98 Å². The lowest BCUT2D eigenvalue weighted by Crippen LogP contribution is -2.15. The molecule has 1 aromatic heterocycles. The number of hydrogen-bond acceptors (Lipinski definition) is 2. The van der Waals surface area contributed by atoms with E-state index in [9.17, 15) is 0 Å². The highest BCUT2D eigenvalue weighted by Gasteiger charge is 2.11. The molecule has 4 heteroatoms. The van der Waals surface area contributed by atoms with Gasteiger partial charge < -0.3 is 5.73 Å². The Morgan fingerprint density at radius 2 is 2.17 bits per heavy atom. The summed E-state index contributed by atoms with van der Waals surface area (Å²) < 4.78 is 1.07. The van der Waals surface area contributed by atoms with E-state index in [1.54, 1.807) is 12.4 Å². The molecule has 0 amide bonds. The minimum Gasteiger partial charge on any atom is -0.324 e. The monoisotopic (exact) mass is 324 g/mol. The molecule has 2 N–H and O–H groups in total. The van der Waals surface area contributed by atoms with Crippen LogP contribution in [0.5, 0.6) is 0 Å². The minimum absolute atomic E-state index is 0.0574. The summed E-state index contributed by atoms with van der Waals surface area (Å²) in [7, 11) is 0. The van der Waals surface area contributed by atoms with Gasteiger partial charge in [0.05, 0.1) is 5.02 Å². The molecule has 0 radical (unpaired) electrons. The first-order valence-electron chi connectivity index (χ1n) is 5.68. The highest BCUT2D eigenvalue weighted by atomic mass is 79.9. The van der Waals surface area contributed by atoms with Crippen LogP contribution in [0, 0.1) is 6.92 Å². The molecule has 2 rings (SSSR count). The quantitative estimate of drug-likeness (QED) is 0.924. The van der Waals surface area contributed by atoms with E-state index < -0.39 is 0 Å². The van der Waals surface area contributed by atoms with Gasteiger partial charge in [0.15, 0.2) is 0 Å². The Labute approximate surface area is 120 Å². The molecule has 0 aliphatic heterocycles. The van der Waals surface area contributed by atoms with Crippen LogP contribution in [0.2, 0.25) is 5.02 Å². The van der Waals surface area contributed by atoms with Crippen LogP contribution in [0.3, 0.4) is 0 Å². The fourth-order valence-corrected chi connectivity index (χ4v) is 2.64. The van der Waals surface area contributed by atoms with Gasteiger partial charge in [0.2, 0.25) is 0 Å². The van der Waals surface area contributed by atoms with Gasteiger partial charge in [-0.1, -0.05) is 33.6 Å². The van der Waals surface area contributed by atoms with Crippen LogP contribution in [-0.2, 0) is 6.42 Å². The van der Waals surface area contributed by atoms with E-state index in [2.05, 4.69) is 40.0 Å². The van der Waals surface area contributed by atoms with E-state index in [1.807, 2.05) is 12.1 Å². The summed E-state index contributed by atoms with van der Waals surface area (Å²) in [5.41, 5.74) is 9.61. The maximum Gasteiger partial charge on any atom is 0.0622 e. The number of halogens is 2. The molecule has 0 fully saturated rings. The summed E-state index contributed by atoms with van der Waals surface area (Å²) in [6.45, 7) is 2.06. The zero-order chi connectivity index (χ0) is 13.1.